The van der Waals surface area contributed by atoms with Crippen LogP contribution < -0.4 is 36.2 Å². The van der Waals surface area contributed by atoms with Gasteiger partial charge in [-0.25, -0.2) is 40.8 Å². The Bertz CT molecular complexity index is 5210. The Balaban J connectivity index is 0.000000169. The summed E-state index contributed by atoms with van der Waals surface area (Å²) in [6.07, 6.45) is 1.40. The molecule has 0 spiro atoms. The number of Topliss-reactive ketones (excluding diaryl/α,β-unsaturated/α-hetero) is 3. The second kappa shape index (κ2) is 31.8. The van der Waals surface area contributed by atoms with Gasteiger partial charge in [-0.2, -0.15) is 26.3 Å². The fourth-order valence-corrected chi connectivity index (χ4v) is 14.5. The summed E-state index contributed by atoms with van der Waals surface area (Å²) >= 11 is 0. The maximum Gasteiger partial charge on any atom is 0.387 e. The van der Waals surface area contributed by atoms with Crippen LogP contribution in [-0.4, -0.2) is 108 Å². The first kappa shape index (κ1) is 79.1. The van der Waals surface area contributed by atoms with Crippen LogP contribution in [0.1, 0.15) is 161 Å². The maximum atomic E-state index is 14.8. The molecule has 562 valence electrons. The minimum Gasteiger partial charge on any atom is -0.478 e. The molecule has 1 fully saturated rings. The molecule has 0 radical (unpaired) electrons. The summed E-state index contributed by atoms with van der Waals surface area (Å²) in [5, 5.41) is 9.19. The number of rotatable bonds is 19. The Kier molecular flexibility index (Phi) is 23.7. The molecule has 21 nitrogen and oxygen atoms in total. The van der Waals surface area contributed by atoms with E-state index in [1.54, 1.807) is 64.6 Å². The molecule has 0 saturated carbocycles. The highest BCUT2D eigenvalue weighted by Gasteiger charge is 2.36. The number of amides is 1. The molecule has 0 unspecified atom stereocenters. The van der Waals surface area contributed by atoms with Crippen LogP contribution in [0.5, 0.6) is 17.2 Å². The molecule has 12 rings (SSSR count). The SMILES string of the molecule is CC(=O)c1ccc2c(c1)N(C(C)C)C(=O)C2.CC(=O)c1ccc2c(c1)n(C(C)C)c(=O)n2-c1cc(OC(F)F)ccc1F.CC(C)n1c(=O)n(-c2cc(OC(F)F)ccc2F)c2ccc(C(=O)CC3(C)CCS(=O)(=O)CC3)cc21.CC(C)n1c(=O)n(-c2cc(OC(F)F)ccc2F)c2ccc(C(=O)O)cc21. The van der Waals surface area contributed by atoms with Crippen LogP contribution in [-0.2, 0) is 21.1 Å². The molecule has 1 amide bonds. The van der Waals surface area contributed by atoms with E-state index in [0.29, 0.717) is 58.0 Å². The third-order valence-corrected chi connectivity index (χ3v) is 19.4. The van der Waals surface area contributed by atoms with E-state index in [1.807, 2.05) is 32.9 Å². The minimum absolute atomic E-state index is 0.0332. The second-order valence-corrected chi connectivity index (χ2v) is 29.0. The molecular formula is C75H74F9N7O14S. The van der Waals surface area contributed by atoms with Crippen molar-refractivity contribution in [1.82, 2.24) is 27.4 Å². The van der Waals surface area contributed by atoms with E-state index in [0.717, 1.165) is 79.5 Å². The van der Waals surface area contributed by atoms with Gasteiger partial charge in [-0.3, -0.25) is 46.6 Å². The summed E-state index contributed by atoms with van der Waals surface area (Å²) in [6.45, 7) is 10.0. The number of imidazole rings is 3. The number of ether oxygens (including phenoxy) is 3. The van der Waals surface area contributed by atoms with Gasteiger partial charge in [0.25, 0.3) is 0 Å². The number of hydrogen-bond acceptors (Lipinski definition) is 13. The average Bonchev–Trinajstić information content (AvgIpc) is 1.53. The van der Waals surface area contributed by atoms with Gasteiger partial charge >= 0.3 is 42.9 Å². The number of carbonyl (C=O) groups excluding carboxylic acids is 4. The number of ketones is 3. The van der Waals surface area contributed by atoms with E-state index >= 15 is 0 Å². The molecule has 106 heavy (non-hydrogen) atoms. The van der Waals surface area contributed by atoms with Crippen molar-refractivity contribution < 1.29 is 91.2 Å². The van der Waals surface area contributed by atoms with Crippen LogP contribution in [0.15, 0.2) is 142 Å². The average molecular weight is 1500 g/mol. The minimum atomic E-state index is -3.11. The molecule has 3 aromatic heterocycles. The molecule has 2 aliphatic rings. The Hall–Kier alpha value is -11.0. The molecule has 10 aromatic rings. The van der Waals surface area contributed by atoms with E-state index in [4.69, 9.17) is 0 Å². The highest BCUT2D eigenvalue weighted by atomic mass is 32.2. The topological polar surface area (TPSA) is 251 Å². The predicted molar refractivity (Wildman–Crippen MR) is 378 cm³/mol. The monoisotopic (exact) mass is 1500 g/mol. The number of anilines is 1. The highest BCUT2D eigenvalue weighted by molar-refractivity contribution is 7.91. The number of carboxylic acid groups (broad SMARTS) is 1. The first-order chi connectivity index (χ1) is 49.7. The summed E-state index contributed by atoms with van der Waals surface area (Å²) in [5.74, 6) is -4.55. The predicted octanol–water partition coefficient (Wildman–Crippen LogP) is 15.2. The van der Waals surface area contributed by atoms with Gasteiger partial charge in [-0.1, -0.05) is 19.1 Å². The molecule has 1 saturated heterocycles. The van der Waals surface area contributed by atoms with Crippen LogP contribution in [0.4, 0.5) is 45.2 Å². The smallest absolute Gasteiger partial charge is 0.387 e. The van der Waals surface area contributed by atoms with Gasteiger partial charge < -0.3 is 24.2 Å². The number of carboxylic acids is 1. The first-order valence-corrected chi connectivity index (χ1v) is 35.0. The van der Waals surface area contributed by atoms with Crippen LogP contribution in [0.3, 0.4) is 0 Å². The summed E-state index contributed by atoms with van der Waals surface area (Å²) in [5.41, 5.74) is 2.35. The summed E-state index contributed by atoms with van der Waals surface area (Å²) in [6, 6.07) is 26.9. The lowest BCUT2D eigenvalue weighted by Gasteiger charge is -2.32. The zero-order valence-corrected chi connectivity index (χ0v) is 59.9. The van der Waals surface area contributed by atoms with Crippen LogP contribution in [0.2, 0.25) is 0 Å². The number of halogens is 9. The maximum absolute atomic E-state index is 14.8. The van der Waals surface area contributed by atoms with Gasteiger partial charge in [-0.15, -0.1) is 0 Å². The number of sulfone groups is 1. The third-order valence-electron chi connectivity index (χ3n) is 17.8. The molecule has 2 aliphatic heterocycles. The van der Waals surface area contributed by atoms with E-state index in [9.17, 15) is 91.4 Å². The lowest BCUT2D eigenvalue weighted by Crippen LogP contribution is -2.33. The van der Waals surface area contributed by atoms with Gasteiger partial charge in [-0.05, 0) is 190 Å². The normalized spacial score (nSPS) is 13.9. The van der Waals surface area contributed by atoms with Gasteiger partial charge in [0.1, 0.15) is 44.5 Å². The number of benzene rings is 7. The number of alkyl halides is 6. The van der Waals surface area contributed by atoms with Crippen molar-refractivity contribution in [1.29, 1.82) is 0 Å². The van der Waals surface area contributed by atoms with Crippen LogP contribution >= 0.6 is 0 Å². The summed E-state index contributed by atoms with van der Waals surface area (Å²) in [4.78, 5) is 100. The molecule has 31 heteroatoms. The Morgan fingerprint density at radius 2 is 0.792 bits per heavy atom. The zero-order valence-electron chi connectivity index (χ0n) is 59.1. The standard InChI is InChI=1S/C25H27F3N2O5S.C19H17F3N2O3.C18H15F3N2O4.C13H15NO2/c1-15(2)29-21-12-16(22(31)14-25(3)8-10-36(33,34)11-9-25)4-7-19(21)30(24(29)32)20-13-17(35-23(27)28)5-6-18(20)26;1-10(2)23-17-8-12(11(3)25)4-7-15(17)24(19(23)26)16-9-13(27-18(21)22)5-6-14(16)20;1-9(2)22-15-7-10(16(24)25)3-6-13(15)23(18(22)26)14-8-11(27-17(20)21)4-5-12(14)19;1-8(2)14-12-6-10(9(3)15)4-5-11(12)7-13(14)16/h4-7,12-13,15,23H,8-11,14H2,1-3H3;4-10,18H,1-3H3;3-9,17H,1-2H3,(H,24,25);4-6,8H,7H2,1-3H3. The van der Waals surface area contributed by atoms with Crippen molar-refractivity contribution >= 4 is 77.9 Å². The molecule has 1 N–H and O–H groups in total. The van der Waals surface area contributed by atoms with Gasteiger partial charge in [0, 0.05) is 71.2 Å². The number of carbonyl (C=O) groups is 5. The number of nitrogens with zero attached hydrogens (tertiary/aromatic N) is 7. The largest absolute Gasteiger partial charge is 0.478 e. The van der Waals surface area contributed by atoms with Gasteiger partial charge in [0.15, 0.2) is 17.3 Å². The molecule has 0 aliphatic carbocycles. The second-order valence-electron chi connectivity index (χ2n) is 26.7. The fourth-order valence-electron chi connectivity index (χ4n) is 12.7. The van der Waals surface area contributed by atoms with E-state index in [-0.39, 0.29) is 116 Å². The fraction of sp³-hybridized carbons (Fsp3) is 0.333. The number of fused-ring (bicyclic) bond motifs is 4. The van der Waals surface area contributed by atoms with Crippen molar-refractivity contribution in [2.24, 2.45) is 5.41 Å². The van der Waals surface area contributed by atoms with Crippen LogP contribution in [0.25, 0.3) is 50.2 Å². The van der Waals surface area contributed by atoms with E-state index in [1.165, 1.54) is 70.0 Å². The lowest BCUT2D eigenvalue weighted by atomic mass is 9.78. The molecule has 7 aromatic carbocycles. The number of hydrogen-bond donors (Lipinski definition) is 1. The van der Waals surface area contributed by atoms with Gasteiger partial charge in [0.2, 0.25) is 5.91 Å². The highest BCUT2D eigenvalue weighted by Crippen LogP contribution is 2.38. The van der Waals surface area contributed by atoms with E-state index < -0.39 is 75.6 Å². The van der Waals surface area contributed by atoms with Crippen molar-refractivity contribution in [3.8, 4) is 34.3 Å². The molecule has 5 heterocycles. The number of aromatic nitrogens is 6. The molecule has 0 bridgehead atoms. The quantitative estimate of drug-likeness (QED) is 0.0584. The Labute approximate surface area is 600 Å². The van der Waals surface area contributed by atoms with E-state index in [2.05, 4.69) is 14.2 Å². The number of aromatic carboxylic acids is 1. The van der Waals surface area contributed by atoms with Crippen LogP contribution in [0, 0.1) is 22.9 Å². The zero-order chi connectivity index (χ0) is 78.0. The first-order valence-electron chi connectivity index (χ1n) is 33.2. The van der Waals surface area contributed by atoms with Crippen molar-refractivity contribution in [3.63, 3.8) is 0 Å². The molecular weight excluding hydrogens is 1430 g/mol. The van der Waals surface area contributed by atoms with Crippen molar-refractivity contribution in [2.75, 3.05) is 16.4 Å². The Morgan fingerprint density at radius 3 is 1.14 bits per heavy atom. The lowest BCUT2D eigenvalue weighted by molar-refractivity contribution is -0.117. The summed E-state index contributed by atoms with van der Waals surface area (Å²) in [7, 11) is -3.07. The van der Waals surface area contributed by atoms with Gasteiger partial charge in [0.05, 0.1) is 73.7 Å². The van der Waals surface area contributed by atoms with Crippen molar-refractivity contribution in [2.45, 2.75) is 146 Å². The van der Waals surface area contributed by atoms with Crippen molar-refractivity contribution in [3.05, 3.63) is 204 Å². The Morgan fingerprint density at radius 1 is 0.453 bits per heavy atom. The molecule has 0 atom stereocenters. The third kappa shape index (κ3) is 17.0. The summed E-state index contributed by atoms with van der Waals surface area (Å²) < 4.78 is 163.